The van der Waals surface area contributed by atoms with Crippen molar-refractivity contribution in [3.8, 4) is 11.8 Å². The van der Waals surface area contributed by atoms with Crippen LogP contribution in [0.25, 0.3) is 0 Å². The SMILES string of the molecule is Cc1ccc(C(=O)C(C)Oc2ccccc2C#N)cc1C. The predicted octanol–water partition coefficient (Wildman–Crippen LogP) is 3.83. The largest absolute Gasteiger partial charge is 0.481 e. The molecule has 21 heavy (non-hydrogen) atoms. The van der Waals surface area contributed by atoms with Crippen LogP contribution in [-0.4, -0.2) is 11.9 Å². The fraction of sp³-hybridized carbons (Fsp3) is 0.222. The molecule has 3 heteroatoms. The van der Waals surface area contributed by atoms with Gasteiger partial charge in [0.25, 0.3) is 0 Å². The third-order valence-corrected chi connectivity index (χ3v) is 3.47. The minimum Gasteiger partial charge on any atom is -0.481 e. The molecule has 0 radical (unpaired) electrons. The molecule has 2 aromatic rings. The summed E-state index contributed by atoms with van der Waals surface area (Å²) in [4.78, 5) is 12.4. The van der Waals surface area contributed by atoms with E-state index in [1.807, 2.05) is 26.0 Å². The van der Waals surface area contributed by atoms with Gasteiger partial charge in [0.15, 0.2) is 6.10 Å². The topological polar surface area (TPSA) is 50.1 Å². The van der Waals surface area contributed by atoms with E-state index >= 15 is 0 Å². The maximum atomic E-state index is 12.4. The van der Waals surface area contributed by atoms with Crippen molar-refractivity contribution in [2.24, 2.45) is 0 Å². The van der Waals surface area contributed by atoms with Crippen LogP contribution >= 0.6 is 0 Å². The molecule has 0 aliphatic rings. The summed E-state index contributed by atoms with van der Waals surface area (Å²) in [6, 6.07) is 14.6. The van der Waals surface area contributed by atoms with E-state index in [9.17, 15) is 4.79 Å². The van der Waals surface area contributed by atoms with Gasteiger partial charge in [-0.25, -0.2) is 0 Å². The van der Waals surface area contributed by atoms with E-state index in [1.54, 1.807) is 37.3 Å². The van der Waals surface area contributed by atoms with Crippen molar-refractivity contribution in [3.05, 3.63) is 64.7 Å². The molecule has 0 bridgehead atoms. The van der Waals surface area contributed by atoms with Gasteiger partial charge in [0, 0.05) is 5.56 Å². The minimum atomic E-state index is -0.637. The number of ketones is 1. The fourth-order valence-corrected chi connectivity index (χ4v) is 2.04. The molecule has 3 nitrogen and oxygen atoms in total. The van der Waals surface area contributed by atoms with Gasteiger partial charge in [-0.1, -0.05) is 24.3 Å². The second kappa shape index (κ2) is 6.23. The highest BCUT2D eigenvalue weighted by Crippen LogP contribution is 2.20. The van der Waals surface area contributed by atoms with Crippen LogP contribution < -0.4 is 4.74 Å². The summed E-state index contributed by atoms with van der Waals surface area (Å²) in [6.07, 6.45) is -0.637. The van der Waals surface area contributed by atoms with Crippen molar-refractivity contribution >= 4 is 5.78 Å². The lowest BCUT2D eigenvalue weighted by molar-refractivity contribution is 0.0817. The number of nitriles is 1. The highest BCUT2D eigenvalue weighted by molar-refractivity contribution is 5.99. The average molecular weight is 279 g/mol. The molecule has 0 spiro atoms. The van der Waals surface area contributed by atoms with Crippen molar-refractivity contribution < 1.29 is 9.53 Å². The Morgan fingerprint density at radius 2 is 1.86 bits per heavy atom. The number of carbonyl (C=O) groups excluding carboxylic acids is 1. The quantitative estimate of drug-likeness (QED) is 0.799. The Hall–Kier alpha value is -2.60. The van der Waals surface area contributed by atoms with E-state index in [-0.39, 0.29) is 5.78 Å². The van der Waals surface area contributed by atoms with Gasteiger partial charge in [0.05, 0.1) is 5.56 Å². The number of hydrogen-bond donors (Lipinski definition) is 0. The molecule has 0 heterocycles. The van der Waals surface area contributed by atoms with Gasteiger partial charge < -0.3 is 4.74 Å². The minimum absolute atomic E-state index is 0.0918. The van der Waals surface area contributed by atoms with Crippen LogP contribution in [0.15, 0.2) is 42.5 Å². The van der Waals surface area contributed by atoms with Crippen LogP contribution in [-0.2, 0) is 0 Å². The van der Waals surface area contributed by atoms with E-state index in [4.69, 9.17) is 10.00 Å². The Morgan fingerprint density at radius 3 is 2.52 bits per heavy atom. The summed E-state index contributed by atoms with van der Waals surface area (Å²) < 4.78 is 5.65. The molecule has 0 saturated carbocycles. The summed E-state index contributed by atoms with van der Waals surface area (Å²) in [7, 11) is 0. The maximum absolute atomic E-state index is 12.4. The van der Waals surface area contributed by atoms with Crippen LogP contribution in [0, 0.1) is 25.2 Å². The zero-order valence-corrected chi connectivity index (χ0v) is 12.4. The Balaban J connectivity index is 2.20. The van der Waals surface area contributed by atoms with Crippen molar-refractivity contribution in [1.29, 1.82) is 5.26 Å². The van der Waals surface area contributed by atoms with E-state index in [0.717, 1.165) is 11.1 Å². The van der Waals surface area contributed by atoms with Gasteiger partial charge in [-0.2, -0.15) is 5.26 Å². The first-order valence-electron chi connectivity index (χ1n) is 6.80. The first-order chi connectivity index (χ1) is 10.0. The Bertz CT molecular complexity index is 713. The van der Waals surface area contributed by atoms with Crippen LogP contribution in [0.1, 0.15) is 34.0 Å². The van der Waals surface area contributed by atoms with Gasteiger partial charge in [-0.3, -0.25) is 4.79 Å². The number of rotatable bonds is 4. The van der Waals surface area contributed by atoms with Crippen molar-refractivity contribution in [2.45, 2.75) is 26.9 Å². The molecule has 1 unspecified atom stereocenters. The lowest BCUT2D eigenvalue weighted by Gasteiger charge is -2.15. The first-order valence-corrected chi connectivity index (χ1v) is 6.80. The molecule has 0 aromatic heterocycles. The second-order valence-corrected chi connectivity index (χ2v) is 5.03. The molecule has 0 amide bonds. The molecule has 106 valence electrons. The zero-order chi connectivity index (χ0) is 15.4. The molecular formula is C18H17NO2. The summed E-state index contributed by atoms with van der Waals surface area (Å²) in [5, 5.41) is 9.04. The summed E-state index contributed by atoms with van der Waals surface area (Å²) in [6.45, 7) is 5.68. The van der Waals surface area contributed by atoms with Crippen molar-refractivity contribution in [1.82, 2.24) is 0 Å². The van der Waals surface area contributed by atoms with Gasteiger partial charge in [-0.05, 0) is 50.1 Å². The Labute approximate surface area is 124 Å². The predicted molar refractivity (Wildman–Crippen MR) is 81.5 cm³/mol. The summed E-state index contributed by atoms with van der Waals surface area (Å²) in [5.41, 5.74) is 3.28. The van der Waals surface area contributed by atoms with Crippen molar-refractivity contribution in [3.63, 3.8) is 0 Å². The number of ether oxygens (including phenoxy) is 1. The van der Waals surface area contributed by atoms with Gasteiger partial charge in [-0.15, -0.1) is 0 Å². The smallest absolute Gasteiger partial charge is 0.203 e. The number of benzene rings is 2. The first kappa shape index (κ1) is 14.8. The number of hydrogen-bond acceptors (Lipinski definition) is 3. The monoisotopic (exact) mass is 279 g/mol. The van der Waals surface area contributed by atoms with E-state index in [0.29, 0.717) is 16.9 Å². The second-order valence-electron chi connectivity index (χ2n) is 5.03. The molecule has 1 atom stereocenters. The van der Waals surface area contributed by atoms with Crippen LogP contribution in [0.4, 0.5) is 0 Å². The third kappa shape index (κ3) is 3.29. The summed E-state index contributed by atoms with van der Waals surface area (Å²) >= 11 is 0. The van der Waals surface area contributed by atoms with Crippen molar-refractivity contribution in [2.75, 3.05) is 0 Å². The zero-order valence-electron chi connectivity index (χ0n) is 12.4. The van der Waals surface area contributed by atoms with Gasteiger partial charge >= 0.3 is 0 Å². The number of Topliss-reactive ketones (excluding diaryl/α,β-unsaturated/α-hetero) is 1. The van der Waals surface area contributed by atoms with Crippen LogP contribution in [0.3, 0.4) is 0 Å². The molecule has 0 aliphatic heterocycles. The summed E-state index contributed by atoms with van der Waals surface area (Å²) in [5.74, 6) is 0.343. The van der Waals surface area contributed by atoms with Gasteiger partial charge in [0.1, 0.15) is 11.8 Å². The number of para-hydroxylation sites is 1. The molecule has 2 rings (SSSR count). The molecule has 0 saturated heterocycles. The number of carbonyl (C=O) groups is 1. The van der Waals surface area contributed by atoms with Crippen LogP contribution in [0.2, 0.25) is 0 Å². The lowest BCUT2D eigenvalue weighted by Crippen LogP contribution is -2.24. The average Bonchev–Trinajstić information content (AvgIpc) is 2.49. The maximum Gasteiger partial charge on any atom is 0.203 e. The van der Waals surface area contributed by atoms with Gasteiger partial charge in [0.2, 0.25) is 5.78 Å². The highest BCUT2D eigenvalue weighted by atomic mass is 16.5. The normalized spacial score (nSPS) is 11.5. The molecule has 2 aromatic carbocycles. The number of nitrogens with zero attached hydrogens (tertiary/aromatic N) is 1. The van der Waals surface area contributed by atoms with E-state index < -0.39 is 6.10 Å². The number of aryl methyl sites for hydroxylation is 2. The Kier molecular flexibility index (Phi) is 4.39. The Morgan fingerprint density at radius 1 is 1.14 bits per heavy atom. The third-order valence-electron chi connectivity index (χ3n) is 3.47. The molecule has 0 N–H and O–H groups in total. The van der Waals surface area contributed by atoms with E-state index in [1.165, 1.54) is 0 Å². The highest BCUT2D eigenvalue weighted by Gasteiger charge is 2.18. The molecular weight excluding hydrogens is 262 g/mol. The molecule has 0 aliphatic carbocycles. The fourth-order valence-electron chi connectivity index (χ4n) is 2.04. The standard InChI is InChI=1S/C18H17NO2/c1-12-8-9-15(10-13(12)2)18(20)14(3)21-17-7-5-4-6-16(17)11-19/h4-10,14H,1-3H3. The lowest BCUT2D eigenvalue weighted by atomic mass is 10.0. The van der Waals surface area contributed by atoms with E-state index in [2.05, 4.69) is 6.07 Å². The molecule has 0 fully saturated rings. The van der Waals surface area contributed by atoms with Crippen LogP contribution in [0.5, 0.6) is 5.75 Å².